The van der Waals surface area contributed by atoms with Crippen molar-refractivity contribution in [1.82, 2.24) is 15.0 Å². The van der Waals surface area contributed by atoms with E-state index in [1.807, 2.05) is 30.5 Å². The number of para-hydroxylation sites is 1. The topological polar surface area (TPSA) is 90.9 Å². The Morgan fingerprint density at radius 2 is 2.12 bits per heavy atom. The van der Waals surface area contributed by atoms with Crippen molar-refractivity contribution in [3.8, 4) is 0 Å². The fourth-order valence-electron chi connectivity index (χ4n) is 4.84. The lowest BCUT2D eigenvalue weighted by molar-refractivity contribution is -0.137. The summed E-state index contributed by atoms with van der Waals surface area (Å²) in [6.45, 7) is 6.93. The maximum atomic E-state index is 12.2. The number of aryl methyl sites for hydroxylation is 1. The maximum Gasteiger partial charge on any atom is 0.326 e. The standard InChI is InChI=1S/C25H28N4O2S/c1-25(2,3)15-8-9-17-20(11-15)32-23-21(17)22(27-13-28-23)29-19(24(30)31)10-14-12-26-18-7-5-4-6-16(14)18/h4-7,12-13,15,19,26H,8-11H2,1-3H3,(H,30,31)(H,27,28,29). The number of carboxylic acids is 1. The summed E-state index contributed by atoms with van der Waals surface area (Å²) in [5.41, 5.74) is 3.56. The van der Waals surface area contributed by atoms with Crippen molar-refractivity contribution in [2.75, 3.05) is 5.32 Å². The molecule has 0 saturated heterocycles. The Morgan fingerprint density at radius 1 is 1.31 bits per heavy atom. The van der Waals surface area contributed by atoms with Crippen LogP contribution in [0.4, 0.5) is 5.82 Å². The molecule has 4 aromatic rings. The van der Waals surface area contributed by atoms with Crippen molar-refractivity contribution in [2.45, 2.75) is 52.5 Å². The van der Waals surface area contributed by atoms with Crippen molar-refractivity contribution in [3.05, 3.63) is 52.8 Å². The normalized spacial score (nSPS) is 17.4. The number of aromatic nitrogens is 3. The first-order chi connectivity index (χ1) is 15.3. The summed E-state index contributed by atoms with van der Waals surface area (Å²) in [5, 5.41) is 15.3. The van der Waals surface area contributed by atoms with E-state index in [1.54, 1.807) is 17.7 Å². The highest BCUT2D eigenvalue weighted by Crippen LogP contribution is 2.44. The average Bonchev–Trinajstić information content (AvgIpc) is 3.33. The van der Waals surface area contributed by atoms with Gasteiger partial charge in [0.25, 0.3) is 0 Å². The summed E-state index contributed by atoms with van der Waals surface area (Å²) in [7, 11) is 0. The largest absolute Gasteiger partial charge is 0.480 e. The van der Waals surface area contributed by atoms with E-state index in [1.165, 1.54) is 10.4 Å². The van der Waals surface area contributed by atoms with E-state index in [4.69, 9.17) is 0 Å². The Balaban J connectivity index is 1.47. The second-order valence-corrected chi connectivity index (χ2v) is 10.9. The van der Waals surface area contributed by atoms with Gasteiger partial charge in [0, 0.05) is 28.4 Å². The molecule has 5 rings (SSSR count). The number of aliphatic carboxylic acids is 1. The molecule has 3 heterocycles. The molecule has 2 unspecified atom stereocenters. The Morgan fingerprint density at radius 3 is 2.91 bits per heavy atom. The van der Waals surface area contributed by atoms with Crippen molar-refractivity contribution >= 4 is 44.2 Å². The van der Waals surface area contributed by atoms with Gasteiger partial charge in [0.1, 0.15) is 23.0 Å². The van der Waals surface area contributed by atoms with Crippen molar-refractivity contribution in [3.63, 3.8) is 0 Å². The number of hydrogen-bond donors (Lipinski definition) is 3. The fraction of sp³-hybridized carbons (Fsp3) is 0.400. The Bertz CT molecular complexity index is 1300. The predicted molar refractivity (Wildman–Crippen MR) is 129 cm³/mol. The summed E-state index contributed by atoms with van der Waals surface area (Å²) >= 11 is 1.73. The number of rotatable bonds is 5. The van der Waals surface area contributed by atoms with Crippen LogP contribution in [0.5, 0.6) is 0 Å². The number of carboxylic acid groups (broad SMARTS) is 1. The van der Waals surface area contributed by atoms with Crippen LogP contribution in [0.1, 0.15) is 43.2 Å². The van der Waals surface area contributed by atoms with E-state index in [0.29, 0.717) is 18.2 Å². The quantitative estimate of drug-likeness (QED) is 0.379. The minimum Gasteiger partial charge on any atom is -0.480 e. The number of hydrogen-bond acceptors (Lipinski definition) is 5. The van der Waals surface area contributed by atoms with E-state index < -0.39 is 12.0 Å². The Labute approximate surface area is 191 Å². The van der Waals surface area contributed by atoms with Gasteiger partial charge in [-0.25, -0.2) is 14.8 Å². The van der Waals surface area contributed by atoms with Gasteiger partial charge in [-0.2, -0.15) is 0 Å². The second kappa shape index (κ2) is 7.89. The first kappa shape index (κ1) is 20.9. The molecule has 1 aliphatic carbocycles. The van der Waals surface area contributed by atoms with Gasteiger partial charge in [0.15, 0.2) is 0 Å². The molecular formula is C25H28N4O2S. The monoisotopic (exact) mass is 448 g/mol. The number of nitrogens with zero attached hydrogens (tertiary/aromatic N) is 2. The molecule has 166 valence electrons. The average molecular weight is 449 g/mol. The van der Waals surface area contributed by atoms with Gasteiger partial charge in [0.2, 0.25) is 0 Å². The molecule has 3 N–H and O–H groups in total. The van der Waals surface area contributed by atoms with Gasteiger partial charge < -0.3 is 15.4 Å². The third-order valence-electron chi connectivity index (χ3n) is 6.78. The van der Waals surface area contributed by atoms with Gasteiger partial charge in [-0.15, -0.1) is 11.3 Å². The number of benzene rings is 1. The number of anilines is 1. The van der Waals surface area contributed by atoms with Crippen LogP contribution in [-0.2, 0) is 24.1 Å². The van der Waals surface area contributed by atoms with Crippen LogP contribution in [0.25, 0.3) is 21.1 Å². The molecule has 0 saturated carbocycles. The Hall–Kier alpha value is -2.93. The smallest absolute Gasteiger partial charge is 0.326 e. The van der Waals surface area contributed by atoms with E-state index in [0.717, 1.165) is 45.9 Å². The molecule has 3 aromatic heterocycles. The molecule has 1 aromatic carbocycles. The van der Waals surface area contributed by atoms with Gasteiger partial charge >= 0.3 is 5.97 Å². The van der Waals surface area contributed by atoms with Crippen molar-refractivity contribution < 1.29 is 9.90 Å². The molecule has 0 aliphatic heterocycles. The summed E-state index contributed by atoms with van der Waals surface area (Å²) in [5.74, 6) is 0.383. The minimum absolute atomic E-state index is 0.272. The van der Waals surface area contributed by atoms with Crippen LogP contribution >= 0.6 is 11.3 Å². The van der Waals surface area contributed by atoms with E-state index >= 15 is 0 Å². The zero-order valence-corrected chi connectivity index (χ0v) is 19.4. The number of nitrogens with one attached hydrogen (secondary N) is 2. The molecule has 0 spiro atoms. The molecule has 1 aliphatic rings. The summed E-state index contributed by atoms with van der Waals surface area (Å²) in [6, 6.07) is 7.17. The van der Waals surface area contributed by atoms with Crippen LogP contribution < -0.4 is 5.32 Å². The SMILES string of the molecule is CC(C)(C)C1CCc2c(sc3ncnc(NC(Cc4c[nH]c5ccccc45)C(=O)O)c23)C1. The van der Waals surface area contributed by atoms with Gasteiger partial charge in [0.05, 0.1) is 5.39 Å². The highest BCUT2D eigenvalue weighted by Gasteiger charge is 2.32. The third-order valence-corrected chi connectivity index (χ3v) is 7.94. The lowest BCUT2D eigenvalue weighted by atomic mass is 9.72. The van der Waals surface area contributed by atoms with Gasteiger partial charge in [-0.3, -0.25) is 0 Å². The number of carbonyl (C=O) groups is 1. The minimum atomic E-state index is -0.890. The van der Waals surface area contributed by atoms with Crippen molar-refractivity contribution in [2.24, 2.45) is 11.3 Å². The van der Waals surface area contributed by atoms with Crippen LogP contribution in [0.2, 0.25) is 0 Å². The Kier molecular flexibility index (Phi) is 5.16. The molecular weight excluding hydrogens is 420 g/mol. The number of fused-ring (bicyclic) bond motifs is 4. The van der Waals surface area contributed by atoms with E-state index in [9.17, 15) is 9.90 Å². The fourth-order valence-corrected chi connectivity index (χ4v) is 6.11. The second-order valence-electron chi connectivity index (χ2n) is 9.81. The van der Waals surface area contributed by atoms with Crippen LogP contribution in [-0.4, -0.2) is 32.1 Å². The van der Waals surface area contributed by atoms with Crippen LogP contribution in [0.15, 0.2) is 36.8 Å². The molecule has 2 atom stereocenters. The number of thiophene rings is 1. The molecule has 0 amide bonds. The third kappa shape index (κ3) is 3.75. The zero-order chi connectivity index (χ0) is 22.5. The maximum absolute atomic E-state index is 12.2. The molecule has 6 nitrogen and oxygen atoms in total. The highest BCUT2D eigenvalue weighted by atomic mass is 32.1. The lowest BCUT2D eigenvalue weighted by Gasteiger charge is -2.33. The molecule has 0 bridgehead atoms. The van der Waals surface area contributed by atoms with Gasteiger partial charge in [-0.1, -0.05) is 39.0 Å². The molecule has 32 heavy (non-hydrogen) atoms. The van der Waals surface area contributed by atoms with Crippen molar-refractivity contribution in [1.29, 1.82) is 0 Å². The van der Waals surface area contributed by atoms with Crippen LogP contribution in [0.3, 0.4) is 0 Å². The summed E-state index contributed by atoms with van der Waals surface area (Å²) in [4.78, 5) is 26.7. The molecule has 0 radical (unpaired) electrons. The zero-order valence-electron chi connectivity index (χ0n) is 18.6. The number of H-pyrrole nitrogens is 1. The first-order valence-corrected chi connectivity index (χ1v) is 11.9. The predicted octanol–water partition coefficient (Wildman–Crippen LogP) is 5.43. The first-order valence-electron chi connectivity index (χ1n) is 11.1. The van der Waals surface area contributed by atoms with E-state index in [2.05, 4.69) is 41.0 Å². The molecule has 0 fully saturated rings. The lowest BCUT2D eigenvalue weighted by Crippen LogP contribution is -2.32. The molecule has 7 heteroatoms. The highest BCUT2D eigenvalue weighted by molar-refractivity contribution is 7.19. The number of aromatic amines is 1. The van der Waals surface area contributed by atoms with Gasteiger partial charge in [-0.05, 0) is 47.8 Å². The summed E-state index contributed by atoms with van der Waals surface area (Å²) in [6.07, 6.45) is 6.98. The summed E-state index contributed by atoms with van der Waals surface area (Å²) < 4.78 is 0. The van der Waals surface area contributed by atoms with Crippen LogP contribution in [0, 0.1) is 11.3 Å². The van der Waals surface area contributed by atoms with E-state index in [-0.39, 0.29) is 5.41 Å².